The summed E-state index contributed by atoms with van der Waals surface area (Å²) in [5.74, 6) is 0.971. The van der Waals surface area contributed by atoms with E-state index in [9.17, 15) is 13.2 Å². The van der Waals surface area contributed by atoms with Gasteiger partial charge in [0.05, 0.1) is 6.26 Å². The van der Waals surface area contributed by atoms with Crippen molar-refractivity contribution in [1.82, 2.24) is 10.0 Å². The third kappa shape index (κ3) is 5.62. The van der Waals surface area contributed by atoms with Gasteiger partial charge in [0, 0.05) is 19.0 Å². The fourth-order valence-corrected chi connectivity index (χ4v) is 3.19. The molecule has 1 aromatic rings. The monoisotopic (exact) mass is 338 g/mol. The molecule has 0 radical (unpaired) electrons. The highest BCUT2D eigenvalue weighted by Crippen LogP contribution is 2.47. The average Bonchev–Trinajstić information content (AvgIpc) is 3.26. The molecule has 0 aliphatic heterocycles. The Morgan fingerprint density at radius 1 is 1.22 bits per heavy atom. The number of carbonyl (C=O) groups excluding carboxylic acids is 1. The topological polar surface area (TPSA) is 75.3 Å². The van der Waals surface area contributed by atoms with Crippen molar-refractivity contribution in [2.45, 2.75) is 38.5 Å². The lowest BCUT2D eigenvalue weighted by Crippen LogP contribution is -2.30. The number of sulfonamides is 1. The summed E-state index contributed by atoms with van der Waals surface area (Å²) >= 11 is 0. The van der Waals surface area contributed by atoms with Gasteiger partial charge in [-0.25, -0.2) is 13.1 Å². The Kier molecular flexibility index (Phi) is 5.81. The Labute approximate surface area is 138 Å². The van der Waals surface area contributed by atoms with Gasteiger partial charge in [-0.1, -0.05) is 38.1 Å². The molecular weight excluding hydrogens is 312 g/mol. The number of rotatable bonds is 8. The zero-order valence-corrected chi connectivity index (χ0v) is 14.8. The average molecular weight is 338 g/mol. The Morgan fingerprint density at radius 2 is 1.87 bits per heavy atom. The van der Waals surface area contributed by atoms with Crippen molar-refractivity contribution in [3.8, 4) is 0 Å². The van der Waals surface area contributed by atoms with Gasteiger partial charge in [0.25, 0.3) is 0 Å². The van der Waals surface area contributed by atoms with Crippen LogP contribution in [-0.4, -0.2) is 33.7 Å². The third-order valence-corrected chi connectivity index (χ3v) is 4.90. The quantitative estimate of drug-likeness (QED) is 0.712. The lowest BCUT2D eigenvalue weighted by molar-refractivity contribution is -0.122. The van der Waals surface area contributed by atoms with Gasteiger partial charge in [-0.3, -0.25) is 4.79 Å². The molecule has 1 fully saturated rings. The van der Waals surface area contributed by atoms with Gasteiger partial charge >= 0.3 is 0 Å². The second-order valence-corrected chi connectivity index (χ2v) is 8.41. The maximum absolute atomic E-state index is 12.1. The van der Waals surface area contributed by atoms with E-state index in [2.05, 4.69) is 48.2 Å². The highest BCUT2D eigenvalue weighted by atomic mass is 32.2. The van der Waals surface area contributed by atoms with Crippen molar-refractivity contribution in [1.29, 1.82) is 0 Å². The van der Waals surface area contributed by atoms with E-state index in [1.54, 1.807) is 0 Å². The molecule has 0 aromatic heterocycles. The van der Waals surface area contributed by atoms with Crippen LogP contribution >= 0.6 is 0 Å². The lowest BCUT2D eigenvalue weighted by atomic mass is 10.00. The van der Waals surface area contributed by atoms with Gasteiger partial charge in [-0.05, 0) is 35.8 Å². The predicted octanol–water partition coefficient (Wildman–Crippen LogP) is 1.97. The minimum atomic E-state index is -3.15. The molecule has 128 valence electrons. The molecule has 0 unspecified atom stereocenters. The van der Waals surface area contributed by atoms with Crippen LogP contribution in [-0.2, 0) is 14.8 Å². The van der Waals surface area contributed by atoms with E-state index in [1.165, 1.54) is 11.1 Å². The predicted molar refractivity (Wildman–Crippen MR) is 91.9 cm³/mol. The summed E-state index contributed by atoms with van der Waals surface area (Å²) in [5, 5.41) is 2.89. The summed E-state index contributed by atoms with van der Waals surface area (Å²) < 4.78 is 24.2. The van der Waals surface area contributed by atoms with Crippen molar-refractivity contribution in [3.63, 3.8) is 0 Å². The summed E-state index contributed by atoms with van der Waals surface area (Å²) in [6, 6.07) is 8.54. The molecule has 0 saturated heterocycles. The van der Waals surface area contributed by atoms with Crippen LogP contribution in [0, 0.1) is 5.92 Å². The van der Waals surface area contributed by atoms with Crippen molar-refractivity contribution < 1.29 is 13.2 Å². The van der Waals surface area contributed by atoms with Crippen LogP contribution in [0.3, 0.4) is 0 Å². The van der Waals surface area contributed by atoms with Crippen LogP contribution in [0.15, 0.2) is 24.3 Å². The molecule has 0 spiro atoms. The highest BCUT2D eigenvalue weighted by molar-refractivity contribution is 7.88. The van der Waals surface area contributed by atoms with E-state index in [4.69, 9.17) is 0 Å². The Balaban J connectivity index is 1.72. The van der Waals surface area contributed by atoms with E-state index < -0.39 is 10.0 Å². The number of nitrogens with one attached hydrogen (secondary N) is 2. The van der Waals surface area contributed by atoms with Crippen molar-refractivity contribution in [3.05, 3.63) is 35.4 Å². The largest absolute Gasteiger partial charge is 0.356 e. The van der Waals surface area contributed by atoms with Crippen molar-refractivity contribution in [2.24, 2.45) is 5.92 Å². The number of hydrogen-bond acceptors (Lipinski definition) is 3. The molecule has 0 heterocycles. The zero-order valence-electron chi connectivity index (χ0n) is 14.0. The number of carbonyl (C=O) groups is 1. The SMILES string of the molecule is CC(C)c1ccc([C@@H]2C[C@H]2C(=O)NCCCNS(C)(=O)=O)cc1. The van der Waals surface area contributed by atoms with Crippen LogP contribution in [0.1, 0.15) is 49.7 Å². The van der Waals surface area contributed by atoms with E-state index >= 15 is 0 Å². The van der Waals surface area contributed by atoms with Gasteiger partial charge in [0.1, 0.15) is 0 Å². The van der Waals surface area contributed by atoms with Crippen LogP contribution in [0.4, 0.5) is 0 Å². The van der Waals surface area contributed by atoms with Crippen molar-refractivity contribution >= 4 is 15.9 Å². The number of benzene rings is 1. The molecule has 1 aliphatic rings. The lowest BCUT2D eigenvalue weighted by Gasteiger charge is -2.07. The Morgan fingerprint density at radius 3 is 2.43 bits per heavy atom. The van der Waals surface area contributed by atoms with Gasteiger partial charge in [0.2, 0.25) is 15.9 Å². The first-order chi connectivity index (χ1) is 10.8. The summed E-state index contributed by atoms with van der Waals surface area (Å²) in [7, 11) is -3.15. The fourth-order valence-electron chi connectivity index (χ4n) is 2.67. The van der Waals surface area contributed by atoms with Gasteiger partial charge in [-0.15, -0.1) is 0 Å². The summed E-state index contributed by atoms with van der Waals surface area (Å²) in [6.45, 7) is 5.18. The number of amides is 1. The molecule has 1 aromatic carbocycles. The smallest absolute Gasteiger partial charge is 0.223 e. The van der Waals surface area contributed by atoms with E-state index in [0.29, 0.717) is 31.3 Å². The second-order valence-electron chi connectivity index (χ2n) is 6.58. The standard InChI is InChI=1S/C17H26N2O3S/c1-12(2)13-5-7-14(8-6-13)15-11-16(15)17(20)18-9-4-10-19-23(3,21)22/h5-8,12,15-16,19H,4,9-11H2,1-3H3,(H,18,20)/t15-,16+/m0/s1. The Bertz CT molecular complexity index is 638. The fraction of sp³-hybridized carbons (Fsp3) is 0.588. The van der Waals surface area contributed by atoms with E-state index in [1.807, 2.05) is 0 Å². The zero-order chi connectivity index (χ0) is 17.0. The van der Waals surface area contributed by atoms with Gasteiger partial charge < -0.3 is 5.32 Å². The maximum Gasteiger partial charge on any atom is 0.223 e. The Hall–Kier alpha value is -1.40. The maximum atomic E-state index is 12.1. The first-order valence-corrected chi connectivity index (χ1v) is 9.99. The van der Waals surface area contributed by atoms with Crippen LogP contribution in [0.25, 0.3) is 0 Å². The summed E-state index contributed by atoms with van der Waals surface area (Å²) in [4.78, 5) is 12.1. The van der Waals surface area contributed by atoms with Crippen LogP contribution < -0.4 is 10.0 Å². The van der Waals surface area contributed by atoms with Crippen molar-refractivity contribution in [2.75, 3.05) is 19.3 Å². The molecule has 2 N–H and O–H groups in total. The molecule has 1 amide bonds. The molecule has 2 rings (SSSR count). The normalized spacial score (nSPS) is 20.5. The molecule has 23 heavy (non-hydrogen) atoms. The highest BCUT2D eigenvalue weighted by Gasteiger charge is 2.43. The van der Waals surface area contributed by atoms with Crippen LogP contribution in [0.2, 0.25) is 0 Å². The molecule has 2 atom stereocenters. The van der Waals surface area contributed by atoms with Crippen LogP contribution in [0.5, 0.6) is 0 Å². The first kappa shape index (κ1) is 17.9. The minimum Gasteiger partial charge on any atom is -0.356 e. The minimum absolute atomic E-state index is 0.0581. The van der Waals surface area contributed by atoms with E-state index in [-0.39, 0.29) is 11.8 Å². The summed E-state index contributed by atoms with van der Waals surface area (Å²) in [6.07, 6.45) is 2.62. The van der Waals surface area contributed by atoms with Gasteiger partial charge in [-0.2, -0.15) is 0 Å². The van der Waals surface area contributed by atoms with Gasteiger partial charge in [0.15, 0.2) is 0 Å². The van der Waals surface area contributed by atoms with E-state index in [0.717, 1.165) is 12.7 Å². The second kappa shape index (κ2) is 7.45. The molecule has 0 bridgehead atoms. The molecule has 6 heteroatoms. The molecule has 1 aliphatic carbocycles. The third-order valence-electron chi connectivity index (χ3n) is 4.18. The molecular formula is C17H26N2O3S. The number of hydrogen-bond donors (Lipinski definition) is 2. The summed E-state index contributed by atoms with van der Waals surface area (Å²) in [5.41, 5.74) is 2.54. The molecule has 1 saturated carbocycles. The molecule has 5 nitrogen and oxygen atoms in total. The first-order valence-electron chi connectivity index (χ1n) is 8.10.